The largest absolute Gasteiger partial charge is 0.322 e. The van der Waals surface area contributed by atoms with Crippen molar-refractivity contribution in [1.82, 2.24) is 14.5 Å². The van der Waals surface area contributed by atoms with E-state index >= 15 is 0 Å². The minimum atomic E-state index is -0.298. The summed E-state index contributed by atoms with van der Waals surface area (Å²) in [5.41, 5.74) is 2.42. The van der Waals surface area contributed by atoms with Crippen molar-refractivity contribution in [2.24, 2.45) is 0 Å². The van der Waals surface area contributed by atoms with Gasteiger partial charge in [0.25, 0.3) is 5.56 Å². The molecular weight excluding hydrogens is 388 g/mol. The van der Waals surface area contributed by atoms with Crippen LogP contribution in [0.1, 0.15) is 57.5 Å². The molecular formula is C25H32N4O2. The van der Waals surface area contributed by atoms with Crippen LogP contribution in [0.2, 0.25) is 0 Å². The van der Waals surface area contributed by atoms with Gasteiger partial charge >= 0.3 is 6.03 Å². The highest BCUT2D eigenvalue weighted by atomic mass is 16.2. The van der Waals surface area contributed by atoms with Crippen LogP contribution in [0.3, 0.4) is 0 Å². The smallest absolute Gasteiger partial charge is 0.314 e. The minimum Gasteiger partial charge on any atom is -0.314 e. The van der Waals surface area contributed by atoms with Gasteiger partial charge in [-0.1, -0.05) is 51.1 Å². The van der Waals surface area contributed by atoms with Crippen LogP contribution in [-0.4, -0.2) is 27.0 Å². The van der Waals surface area contributed by atoms with Crippen molar-refractivity contribution >= 4 is 22.6 Å². The summed E-state index contributed by atoms with van der Waals surface area (Å²) < 4.78 is 1.75. The summed E-state index contributed by atoms with van der Waals surface area (Å²) >= 11 is 0. The molecule has 1 heterocycles. The van der Waals surface area contributed by atoms with E-state index in [1.54, 1.807) is 4.57 Å². The van der Waals surface area contributed by atoms with Crippen LogP contribution in [0.15, 0.2) is 53.3 Å². The summed E-state index contributed by atoms with van der Waals surface area (Å²) in [6.07, 6.45) is 2.28. The highest BCUT2D eigenvalue weighted by Crippen LogP contribution is 2.26. The molecule has 0 spiro atoms. The van der Waals surface area contributed by atoms with E-state index < -0.39 is 0 Å². The van der Waals surface area contributed by atoms with Gasteiger partial charge in [-0.05, 0) is 49.9 Å². The number of amides is 2. The molecule has 0 aliphatic heterocycles. The number of urea groups is 1. The fraction of sp³-hybridized carbons (Fsp3) is 0.400. The molecule has 3 rings (SSSR count). The minimum absolute atomic E-state index is 0.0448. The number of rotatable bonds is 8. The Hall–Kier alpha value is -3.15. The van der Waals surface area contributed by atoms with Gasteiger partial charge in [0.1, 0.15) is 5.82 Å². The summed E-state index contributed by atoms with van der Waals surface area (Å²) in [5.74, 6) is 0.654. The highest BCUT2D eigenvalue weighted by molar-refractivity contribution is 5.90. The topological polar surface area (TPSA) is 67.2 Å². The number of para-hydroxylation sites is 2. The van der Waals surface area contributed by atoms with Gasteiger partial charge in [-0.3, -0.25) is 9.36 Å². The number of hydrogen-bond donors (Lipinski definition) is 1. The number of carbonyl (C=O) groups is 1. The Morgan fingerprint density at radius 2 is 1.77 bits per heavy atom. The Morgan fingerprint density at radius 3 is 2.45 bits per heavy atom. The molecule has 0 saturated heterocycles. The van der Waals surface area contributed by atoms with E-state index in [0.29, 0.717) is 36.2 Å². The van der Waals surface area contributed by atoms with Gasteiger partial charge in [-0.15, -0.1) is 0 Å². The van der Waals surface area contributed by atoms with E-state index in [4.69, 9.17) is 4.98 Å². The van der Waals surface area contributed by atoms with E-state index in [9.17, 15) is 9.59 Å². The predicted octanol–water partition coefficient (Wildman–Crippen LogP) is 5.51. The fourth-order valence-electron chi connectivity index (χ4n) is 3.96. The molecule has 0 aliphatic rings. The first-order chi connectivity index (χ1) is 15.0. The Kier molecular flexibility index (Phi) is 7.45. The van der Waals surface area contributed by atoms with Crippen molar-refractivity contribution in [3.05, 3.63) is 70.3 Å². The van der Waals surface area contributed by atoms with Crippen LogP contribution in [0, 0.1) is 6.92 Å². The maximum Gasteiger partial charge on any atom is 0.322 e. The first-order valence-corrected chi connectivity index (χ1v) is 11.1. The number of benzene rings is 2. The molecule has 1 N–H and O–H groups in total. The van der Waals surface area contributed by atoms with Crippen molar-refractivity contribution in [3.63, 3.8) is 0 Å². The van der Waals surface area contributed by atoms with Gasteiger partial charge in [0.05, 0.1) is 16.9 Å². The van der Waals surface area contributed by atoms with E-state index in [0.717, 1.165) is 24.1 Å². The van der Waals surface area contributed by atoms with E-state index in [2.05, 4.69) is 5.32 Å². The van der Waals surface area contributed by atoms with Gasteiger partial charge in [0.15, 0.2) is 0 Å². The molecule has 0 bridgehead atoms. The lowest BCUT2D eigenvalue weighted by Crippen LogP contribution is -2.41. The zero-order valence-corrected chi connectivity index (χ0v) is 18.9. The number of fused-ring (bicyclic) bond motifs is 1. The number of anilines is 1. The maximum absolute atomic E-state index is 13.3. The Balaban J connectivity index is 2.07. The lowest BCUT2D eigenvalue weighted by atomic mass is 10.1. The molecule has 164 valence electrons. The summed E-state index contributed by atoms with van der Waals surface area (Å²) in [6.45, 7) is 9.24. The Bertz CT molecular complexity index is 1110. The third-order valence-corrected chi connectivity index (χ3v) is 5.51. The molecule has 0 fully saturated rings. The Labute approximate surface area is 183 Å². The molecule has 0 radical (unpaired) electrons. The SMILES string of the molecule is CCCN(C(=O)Nc1ccccc1C)C(CC)c1nc2ccccc2c(=O)n1CCC. The lowest BCUT2D eigenvalue weighted by Gasteiger charge is -2.32. The standard InChI is InChI=1S/C25H32N4O2/c1-5-16-28(25(31)27-20-14-10-8-12-18(20)4)22(7-3)23-26-21-15-11-9-13-19(21)24(30)29(23)17-6-2/h8-15,22H,5-7,16-17H2,1-4H3,(H,27,31). The van der Waals surface area contributed by atoms with Crippen molar-refractivity contribution in [3.8, 4) is 0 Å². The number of nitrogens with zero attached hydrogens (tertiary/aromatic N) is 3. The summed E-state index contributed by atoms with van der Waals surface area (Å²) in [4.78, 5) is 33.3. The van der Waals surface area contributed by atoms with Crippen LogP contribution in [0.4, 0.5) is 10.5 Å². The summed E-state index contributed by atoms with van der Waals surface area (Å²) in [6, 6.07) is 14.7. The molecule has 6 heteroatoms. The quantitative estimate of drug-likeness (QED) is 0.522. The number of nitrogens with one attached hydrogen (secondary N) is 1. The number of aromatic nitrogens is 2. The molecule has 1 aromatic heterocycles. The molecule has 1 unspecified atom stereocenters. The van der Waals surface area contributed by atoms with Crippen molar-refractivity contribution in [2.75, 3.05) is 11.9 Å². The van der Waals surface area contributed by atoms with E-state index in [1.165, 1.54) is 0 Å². The van der Waals surface area contributed by atoms with Crippen LogP contribution in [0.5, 0.6) is 0 Å². The second-order valence-corrected chi connectivity index (χ2v) is 7.81. The first-order valence-electron chi connectivity index (χ1n) is 11.1. The molecule has 1 atom stereocenters. The van der Waals surface area contributed by atoms with Crippen LogP contribution >= 0.6 is 0 Å². The van der Waals surface area contributed by atoms with Crippen LogP contribution in [-0.2, 0) is 6.54 Å². The van der Waals surface area contributed by atoms with Gasteiger partial charge in [0, 0.05) is 18.8 Å². The third kappa shape index (κ3) is 4.79. The lowest BCUT2D eigenvalue weighted by molar-refractivity contribution is 0.180. The van der Waals surface area contributed by atoms with Gasteiger partial charge in [-0.25, -0.2) is 9.78 Å². The summed E-state index contributed by atoms with van der Waals surface area (Å²) in [7, 11) is 0. The first kappa shape index (κ1) is 22.5. The van der Waals surface area contributed by atoms with Gasteiger partial charge < -0.3 is 10.2 Å². The highest BCUT2D eigenvalue weighted by Gasteiger charge is 2.28. The fourth-order valence-corrected chi connectivity index (χ4v) is 3.96. The molecule has 0 saturated carbocycles. The zero-order valence-electron chi connectivity index (χ0n) is 18.9. The second-order valence-electron chi connectivity index (χ2n) is 7.81. The number of hydrogen-bond acceptors (Lipinski definition) is 3. The van der Waals surface area contributed by atoms with Crippen molar-refractivity contribution < 1.29 is 4.79 Å². The monoisotopic (exact) mass is 420 g/mol. The summed E-state index contributed by atoms with van der Waals surface area (Å²) in [5, 5.41) is 3.67. The normalized spacial score (nSPS) is 12.0. The maximum atomic E-state index is 13.3. The van der Waals surface area contributed by atoms with Crippen molar-refractivity contribution in [2.45, 2.75) is 59.5 Å². The average molecular weight is 421 g/mol. The second kappa shape index (κ2) is 10.2. The van der Waals surface area contributed by atoms with E-state index in [-0.39, 0.29) is 17.6 Å². The van der Waals surface area contributed by atoms with Crippen LogP contribution in [0.25, 0.3) is 10.9 Å². The van der Waals surface area contributed by atoms with Gasteiger partial charge in [-0.2, -0.15) is 0 Å². The predicted molar refractivity (Wildman–Crippen MR) is 127 cm³/mol. The molecule has 31 heavy (non-hydrogen) atoms. The van der Waals surface area contributed by atoms with Gasteiger partial charge in [0.2, 0.25) is 0 Å². The van der Waals surface area contributed by atoms with E-state index in [1.807, 2.05) is 81.1 Å². The Morgan fingerprint density at radius 1 is 1.06 bits per heavy atom. The third-order valence-electron chi connectivity index (χ3n) is 5.51. The number of aryl methyl sites for hydroxylation is 1. The molecule has 6 nitrogen and oxygen atoms in total. The van der Waals surface area contributed by atoms with Crippen LogP contribution < -0.4 is 10.9 Å². The number of carbonyl (C=O) groups excluding carboxylic acids is 1. The molecule has 2 amide bonds. The zero-order chi connectivity index (χ0) is 22.4. The van der Waals surface area contributed by atoms with Crippen molar-refractivity contribution in [1.29, 1.82) is 0 Å². The molecule has 3 aromatic rings. The molecule has 2 aromatic carbocycles. The molecule has 0 aliphatic carbocycles. The average Bonchev–Trinajstić information content (AvgIpc) is 2.77.